The second-order valence-corrected chi connectivity index (χ2v) is 7.32. The van der Waals surface area contributed by atoms with Crippen molar-refractivity contribution in [3.8, 4) is 5.75 Å². The molecule has 0 aliphatic heterocycles. The molecule has 0 fully saturated rings. The summed E-state index contributed by atoms with van der Waals surface area (Å²) in [7, 11) is 0. The van der Waals surface area contributed by atoms with E-state index in [1.54, 1.807) is 48.9 Å². The Kier molecular flexibility index (Phi) is 7.75. The zero-order chi connectivity index (χ0) is 21.3. The van der Waals surface area contributed by atoms with Gasteiger partial charge in [-0.25, -0.2) is 9.37 Å². The number of carbonyl (C=O) groups excluding carboxylic acids is 1. The Morgan fingerprint density at radius 1 is 1.33 bits per heavy atom. The number of esters is 1. The van der Waals surface area contributed by atoms with Crippen LogP contribution < -0.4 is 10.2 Å². The Morgan fingerprint density at radius 3 is 2.97 bits per heavy atom. The lowest BCUT2D eigenvalue weighted by Gasteiger charge is -2.09. The number of carbonyl (C=O) groups is 1. The molecule has 0 bridgehead atoms. The molecule has 0 aliphatic carbocycles. The predicted molar refractivity (Wildman–Crippen MR) is 116 cm³/mol. The van der Waals surface area contributed by atoms with Crippen LogP contribution in [0.4, 0.5) is 9.52 Å². The van der Waals surface area contributed by atoms with Gasteiger partial charge in [0.2, 0.25) is 5.13 Å². The Hall–Kier alpha value is -2.97. The first-order valence-corrected chi connectivity index (χ1v) is 10.4. The zero-order valence-electron chi connectivity index (χ0n) is 16.1. The summed E-state index contributed by atoms with van der Waals surface area (Å²) in [5.74, 6) is -0.161. The smallest absolute Gasteiger partial charge is 0.311 e. The predicted octanol–water partition coefficient (Wildman–Crippen LogP) is 5.07. The number of hydrazone groups is 1. The third-order valence-corrected chi connectivity index (χ3v) is 5.01. The molecule has 0 saturated carbocycles. The van der Waals surface area contributed by atoms with Gasteiger partial charge < -0.3 is 9.47 Å². The number of nitrogens with one attached hydrogen (secondary N) is 1. The van der Waals surface area contributed by atoms with E-state index in [1.807, 2.05) is 6.07 Å². The van der Waals surface area contributed by atoms with Crippen molar-refractivity contribution in [3.05, 3.63) is 75.5 Å². The van der Waals surface area contributed by atoms with Gasteiger partial charge in [0.25, 0.3) is 0 Å². The van der Waals surface area contributed by atoms with Crippen LogP contribution in [-0.4, -0.2) is 23.8 Å². The molecule has 2 aromatic carbocycles. The van der Waals surface area contributed by atoms with Gasteiger partial charge in [-0.2, -0.15) is 5.10 Å². The number of hydrogen-bond acceptors (Lipinski definition) is 7. The Morgan fingerprint density at radius 2 is 2.17 bits per heavy atom. The highest BCUT2D eigenvalue weighted by Crippen LogP contribution is 2.22. The molecule has 156 valence electrons. The molecule has 9 heteroatoms. The molecule has 0 aliphatic rings. The third kappa shape index (κ3) is 6.27. The van der Waals surface area contributed by atoms with Crippen molar-refractivity contribution < 1.29 is 18.7 Å². The largest absolute Gasteiger partial charge is 0.489 e. The highest BCUT2D eigenvalue weighted by Gasteiger charge is 2.09. The first-order chi connectivity index (χ1) is 14.5. The third-order valence-electron chi connectivity index (χ3n) is 3.86. The van der Waals surface area contributed by atoms with Gasteiger partial charge >= 0.3 is 5.97 Å². The van der Waals surface area contributed by atoms with Crippen molar-refractivity contribution in [2.75, 3.05) is 12.0 Å². The highest BCUT2D eigenvalue weighted by molar-refractivity contribution is 7.13. The Labute approximate surface area is 182 Å². The van der Waals surface area contributed by atoms with Crippen LogP contribution in [0.1, 0.15) is 23.7 Å². The lowest BCUT2D eigenvalue weighted by Crippen LogP contribution is -2.07. The summed E-state index contributed by atoms with van der Waals surface area (Å²) in [5.41, 5.74) is 4.54. The van der Waals surface area contributed by atoms with Crippen LogP contribution in [0.3, 0.4) is 0 Å². The number of thiazole rings is 1. The average Bonchev–Trinajstić information content (AvgIpc) is 3.15. The quantitative estimate of drug-likeness (QED) is 0.282. The number of nitrogens with zero attached hydrogens (tertiary/aromatic N) is 2. The maximum Gasteiger partial charge on any atom is 0.311 e. The van der Waals surface area contributed by atoms with Crippen molar-refractivity contribution in [3.63, 3.8) is 0 Å². The molecule has 1 N–H and O–H groups in total. The van der Waals surface area contributed by atoms with Crippen molar-refractivity contribution in [2.24, 2.45) is 5.10 Å². The fourth-order valence-corrected chi connectivity index (χ4v) is 3.35. The van der Waals surface area contributed by atoms with E-state index in [4.69, 9.17) is 21.1 Å². The standard InChI is InChI=1S/C21H19ClFN3O3S/c1-2-28-20(27)10-15-13-30-21(25-15)26-24-11-14-5-3-6-16(9-14)29-12-17-18(22)7-4-8-19(17)23/h3-9,11,13H,2,10,12H2,1H3,(H,25,26). The van der Waals surface area contributed by atoms with E-state index in [9.17, 15) is 9.18 Å². The molecule has 0 amide bonds. The molecule has 0 spiro atoms. The molecule has 6 nitrogen and oxygen atoms in total. The highest BCUT2D eigenvalue weighted by atomic mass is 35.5. The number of halogens is 2. The van der Waals surface area contributed by atoms with E-state index >= 15 is 0 Å². The van der Waals surface area contributed by atoms with Gasteiger partial charge in [-0.1, -0.05) is 29.8 Å². The molecule has 1 aromatic heterocycles. The van der Waals surface area contributed by atoms with Crippen LogP contribution in [0.5, 0.6) is 5.75 Å². The molecule has 0 unspecified atom stereocenters. The van der Waals surface area contributed by atoms with Crippen molar-refractivity contribution >= 4 is 40.3 Å². The van der Waals surface area contributed by atoms with Crippen LogP contribution in [-0.2, 0) is 22.6 Å². The van der Waals surface area contributed by atoms with Crippen LogP contribution in [0.25, 0.3) is 0 Å². The van der Waals surface area contributed by atoms with E-state index < -0.39 is 5.82 Å². The number of ether oxygens (including phenoxy) is 2. The van der Waals surface area contributed by atoms with E-state index in [1.165, 1.54) is 17.4 Å². The second kappa shape index (κ2) is 10.7. The zero-order valence-corrected chi connectivity index (χ0v) is 17.7. The summed E-state index contributed by atoms with van der Waals surface area (Å²) in [6.45, 7) is 2.12. The summed E-state index contributed by atoms with van der Waals surface area (Å²) in [5, 5.41) is 6.81. The van der Waals surface area contributed by atoms with Crippen LogP contribution in [0.15, 0.2) is 52.9 Å². The molecule has 0 atom stereocenters. The van der Waals surface area contributed by atoms with E-state index in [2.05, 4.69) is 15.5 Å². The summed E-state index contributed by atoms with van der Waals surface area (Å²) < 4.78 is 24.4. The summed E-state index contributed by atoms with van der Waals surface area (Å²) >= 11 is 7.36. The van der Waals surface area contributed by atoms with Gasteiger partial charge in [-0.15, -0.1) is 11.3 Å². The number of hydrogen-bond donors (Lipinski definition) is 1. The summed E-state index contributed by atoms with van der Waals surface area (Å²) in [4.78, 5) is 15.8. The van der Waals surface area contributed by atoms with E-state index in [0.29, 0.717) is 33.8 Å². The molecule has 0 radical (unpaired) electrons. The van der Waals surface area contributed by atoms with Gasteiger partial charge in [0, 0.05) is 10.9 Å². The van der Waals surface area contributed by atoms with E-state index in [0.717, 1.165) is 5.56 Å². The van der Waals surface area contributed by atoms with Gasteiger partial charge in [-0.3, -0.25) is 10.2 Å². The molecule has 3 aromatic rings. The normalized spacial score (nSPS) is 10.9. The molecular formula is C21H19ClFN3O3S. The minimum absolute atomic E-state index is 0.0205. The number of rotatable bonds is 9. The van der Waals surface area contributed by atoms with Gasteiger partial charge in [-0.05, 0) is 36.8 Å². The van der Waals surface area contributed by atoms with Crippen LogP contribution >= 0.6 is 22.9 Å². The molecular weight excluding hydrogens is 429 g/mol. The minimum Gasteiger partial charge on any atom is -0.489 e. The van der Waals surface area contributed by atoms with Crippen molar-refractivity contribution in [1.29, 1.82) is 0 Å². The van der Waals surface area contributed by atoms with Crippen LogP contribution in [0, 0.1) is 5.82 Å². The van der Waals surface area contributed by atoms with Crippen molar-refractivity contribution in [2.45, 2.75) is 20.0 Å². The van der Waals surface area contributed by atoms with Gasteiger partial charge in [0.15, 0.2) is 0 Å². The Balaban J connectivity index is 1.55. The van der Waals surface area contributed by atoms with Gasteiger partial charge in [0.05, 0.1) is 30.0 Å². The molecule has 30 heavy (non-hydrogen) atoms. The fourth-order valence-electron chi connectivity index (χ4n) is 2.47. The average molecular weight is 448 g/mol. The number of anilines is 1. The lowest BCUT2D eigenvalue weighted by molar-refractivity contribution is -0.142. The molecule has 1 heterocycles. The first-order valence-electron chi connectivity index (χ1n) is 9.10. The monoisotopic (exact) mass is 447 g/mol. The lowest BCUT2D eigenvalue weighted by atomic mass is 10.2. The molecule has 0 saturated heterocycles. The Bertz CT molecular complexity index is 1020. The minimum atomic E-state index is -0.407. The fraction of sp³-hybridized carbons (Fsp3) is 0.190. The van der Waals surface area contributed by atoms with Gasteiger partial charge in [0.1, 0.15) is 18.2 Å². The van der Waals surface area contributed by atoms with Crippen molar-refractivity contribution in [1.82, 2.24) is 4.98 Å². The topological polar surface area (TPSA) is 72.8 Å². The number of aromatic nitrogens is 1. The maximum atomic E-state index is 13.8. The molecule has 3 rings (SSSR count). The van der Waals surface area contributed by atoms with Crippen LogP contribution in [0.2, 0.25) is 5.02 Å². The SMILES string of the molecule is CCOC(=O)Cc1csc(NN=Cc2cccc(OCc3c(F)cccc3Cl)c2)n1. The number of benzene rings is 2. The first kappa shape index (κ1) is 21.7. The maximum absolute atomic E-state index is 13.8. The summed E-state index contributed by atoms with van der Waals surface area (Å²) in [6.07, 6.45) is 1.73. The van der Waals surface area contributed by atoms with E-state index in [-0.39, 0.29) is 19.0 Å². The summed E-state index contributed by atoms with van der Waals surface area (Å²) in [6, 6.07) is 11.7. The second-order valence-electron chi connectivity index (χ2n) is 6.06.